The second-order valence-corrected chi connectivity index (χ2v) is 5.21. The molecule has 0 saturated carbocycles. The molecule has 0 unspecified atom stereocenters. The first-order chi connectivity index (χ1) is 11.0. The number of carbonyl (C=O) groups is 1. The van der Waals surface area contributed by atoms with Crippen LogP contribution in [0.3, 0.4) is 0 Å². The molecule has 0 spiro atoms. The quantitative estimate of drug-likeness (QED) is 0.847. The molecule has 1 amide bonds. The summed E-state index contributed by atoms with van der Waals surface area (Å²) < 4.78 is 10.5. The Morgan fingerprint density at radius 3 is 2.39 bits per heavy atom. The van der Waals surface area contributed by atoms with Crippen LogP contribution >= 0.6 is 0 Å². The van der Waals surface area contributed by atoms with Crippen LogP contribution in [-0.2, 0) is 4.79 Å². The third-order valence-electron chi connectivity index (χ3n) is 3.54. The third kappa shape index (κ3) is 4.13. The van der Waals surface area contributed by atoms with E-state index >= 15 is 0 Å². The van der Waals surface area contributed by atoms with Crippen molar-refractivity contribution < 1.29 is 14.3 Å². The van der Waals surface area contributed by atoms with Crippen molar-refractivity contribution in [2.75, 3.05) is 19.5 Å². The van der Waals surface area contributed by atoms with E-state index in [1.54, 1.807) is 21.1 Å². The zero-order valence-electron chi connectivity index (χ0n) is 13.8. The Kier molecular flexibility index (Phi) is 5.41. The highest BCUT2D eigenvalue weighted by Crippen LogP contribution is 2.28. The molecule has 23 heavy (non-hydrogen) atoms. The van der Waals surface area contributed by atoms with Crippen molar-refractivity contribution in [3.8, 4) is 11.5 Å². The molecule has 0 aliphatic carbocycles. The first-order valence-electron chi connectivity index (χ1n) is 7.32. The summed E-state index contributed by atoms with van der Waals surface area (Å²) in [4.78, 5) is 12.3. The van der Waals surface area contributed by atoms with Crippen LogP contribution in [0.25, 0.3) is 6.08 Å². The van der Waals surface area contributed by atoms with Gasteiger partial charge in [-0.2, -0.15) is 0 Å². The highest BCUT2D eigenvalue weighted by atomic mass is 16.5. The van der Waals surface area contributed by atoms with Crippen LogP contribution in [0.1, 0.15) is 18.1 Å². The van der Waals surface area contributed by atoms with Crippen LogP contribution in [-0.4, -0.2) is 20.1 Å². The van der Waals surface area contributed by atoms with Gasteiger partial charge < -0.3 is 14.8 Å². The number of ether oxygens (including phenoxy) is 2. The fourth-order valence-corrected chi connectivity index (χ4v) is 2.19. The van der Waals surface area contributed by atoms with E-state index in [4.69, 9.17) is 9.47 Å². The summed E-state index contributed by atoms with van der Waals surface area (Å²) in [5, 5.41) is 2.92. The van der Waals surface area contributed by atoms with E-state index in [0.717, 1.165) is 16.8 Å². The molecule has 0 aliphatic rings. The highest BCUT2D eigenvalue weighted by molar-refractivity contribution is 6.06. The standard InChI is InChI=1S/C19H21NO3/c1-13-7-5-6-8-16(13)20-19(21)14(2)11-15-9-10-17(22-3)18(12-15)23-4/h5-12H,1-4H3,(H,20,21)/b14-11+. The molecule has 0 saturated heterocycles. The lowest BCUT2D eigenvalue weighted by molar-refractivity contribution is -0.112. The number of benzene rings is 2. The Hall–Kier alpha value is -2.75. The van der Waals surface area contributed by atoms with E-state index < -0.39 is 0 Å². The number of hydrogen-bond acceptors (Lipinski definition) is 3. The largest absolute Gasteiger partial charge is 0.493 e. The fourth-order valence-electron chi connectivity index (χ4n) is 2.19. The van der Waals surface area contributed by atoms with Gasteiger partial charge in [0.15, 0.2) is 11.5 Å². The van der Waals surface area contributed by atoms with Crippen LogP contribution in [0.5, 0.6) is 11.5 Å². The molecule has 2 aromatic carbocycles. The number of carbonyl (C=O) groups excluding carboxylic acids is 1. The molecular formula is C19H21NO3. The summed E-state index contributed by atoms with van der Waals surface area (Å²) in [7, 11) is 3.18. The lowest BCUT2D eigenvalue weighted by Crippen LogP contribution is -2.13. The van der Waals surface area contributed by atoms with Crippen LogP contribution in [0.15, 0.2) is 48.0 Å². The number of methoxy groups -OCH3 is 2. The summed E-state index contributed by atoms with van der Waals surface area (Å²) in [6, 6.07) is 13.2. The van der Waals surface area contributed by atoms with Crippen molar-refractivity contribution in [3.63, 3.8) is 0 Å². The highest BCUT2D eigenvalue weighted by Gasteiger charge is 2.08. The summed E-state index contributed by atoms with van der Waals surface area (Å²) in [6.07, 6.45) is 1.82. The molecule has 4 nitrogen and oxygen atoms in total. The average Bonchev–Trinajstić information content (AvgIpc) is 2.56. The van der Waals surface area contributed by atoms with Gasteiger partial charge in [0.25, 0.3) is 5.91 Å². The maximum absolute atomic E-state index is 12.3. The van der Waals surface area contributed by atoms with Crippen molar-refractivity contribution in [3.05, 3.63) is 59.2 Å². The Labute approximate surface area is 136 Å². The van der Waals surface area contributed by atoms with E-state index in [0.29, 0.717) is 17.1 Å². The lowest BCUT2D eigenvalue weighted by atomic mass is 10.1. The van der Waals surface area contributed by atoms with Gasteiger partial charge in [-0.15, -0.1) is 0 Å². The molecule has 0 fully saturated rings. The average molecular weight is 311 g/mol. The van der Waals surface area contributed by atoms with Gasteiger partial charge in [0, 0.05) is 11.3 Å². The minimum Gasteiger partial charge on any atom is -0.493 e. The van der Waals surface area contributed by atoms with Gasteiger partial charge in [-0.05, 0) is 49.2 Å². The molecule has 2 aromatic rings. The summed E-state index contributed by atoms with van der Waals surface area (Å²) in [5.41, 5.74) is 3.33. The molecule has 0 radical (unpaired) electrons. The van der Waals surface area contributed by atoms with Crippen molar-refractivity contribution in [2.24, 2.45) is 0 Å². The number of aryl methyl sites for hydroxylation is 1. The van der Waals surface area contributed by atoms with Crippen molar-refractivity contribution >= 4 is 17.7 Å². The Morgan fingerprint density at radius 2 is 1.74 bits per heavy atom. The molecule has 0 aliphatic heterocycles. The SMILES string of the molecule is COc1ccc(/C=C(\C)C(=O)Nc2ccccc2C)cc1OC. The van der Waals surface area contributed by atoms with Crippen molar-refractivity contribution in [1.82, 2.24) is 0 Å². The van der Waals surface area contributed by atoms with E-state index in [1.807, 2.05) is 55.5 Å². The molecule has 0 atom stereocenters. The Balaban J connectivity index is 2.19. The van der Waals surface area contributed by atoms with Crippen LogP contribution in [0.4, 0.5) is 5.69 Å². The first-order valence-corrected chi connectivity index (χ1v) is 7.32. The van der Waals surface area contributed by atoms with Crippen LogP contribution in [0.2, 0.25) is 0 Å². The number of hydrogen-bond donors (Lipinski definition) is 1. The molecule has 2 rings (SSSR count). The smallest absolute Gasteiger partial charge is 0.251 e. The van der Waals surface area contributed by atoms with Crippen LogP contribution < -0.4 is 14.8 Å². The maximum atomic E-state index is 12.3. The van der Waals surface area contributed by atoms with Crippen molar-refractivity contribution in [1.29, 1.82) is 0 Å². The molecule has 120 valence electrons. The summed E-state index contributed by atoms with van der Waals surface area (Å²) >= 11 is 0. The number of nitrogens with one attached hydrogen (secondary N) is 1. The Morgan fingerprint density at radius 1 is 1.04 bits per heavy atom. The van der Waals surface area contributed by atoms with Crippen LogP contribution in [0, 0.1) is 6.92 Å². The van der Waals surface area contributed by atoms with E-state index in [9.17, 15) is 4.79 Å². The predicted octanol–water partition coefficient (Wildman–Crippen LogP) is 4.05. The molecule has 0 bridgehead atoms. The lowest BCUT2D eigenvalue weighted by Gasteiger charge is -2.10. The second kappa shape index (κ2) is 7.49. The van der Waals surface area contributed by atoms with Gasteiger partial charge in [0.2, 0.25) is 0 Å². The molecule has 1 N–H and O–H groups in total. The number of rotatable bonds is 5. The summed E-state index contributed by atoms with van der Waals surface area (Å²) in [5.74, 6) is 1.16. The number of amides is 1. The molecule has 0 aromatic heterocycles. The normalized spacial score (nSPS) is 11.0. The number of para-hydroxylation sites is 1. The van der Waals surface area contributed by atoms with E-state index in [-0.39, 0.29) is 5.91 Å². The Bertz CT molecular complexity index is 735. The second-order valence-electron chi connectivity index (χ2n) is 5.21. The van der Waals surface area contributed by atoms with E-state index in [2.05, 4.69) is 5.32 Å². The fraction of sp³-hybridized carbons (Fsp3) is 0.211. The minimum atomic E-state index is -0.130. The minimum absolute atomic E-state index is 0.130. The topological polar surface area (TPSA) is 47.6 Å². The third-order valence-corrected chi connectivity index (χ3v) is 3.54. The monoisotopic (exact) mass is 311 g/mol. The zero-order valence-corrected chi connectivity index (χ0v) is 13.8. The molecule has 0 heterocycles. The van der Waals surface area contributed by atoms with Gasteiger partial charge >= 0.3 is 0 Å². The predicted molar refractivity (Wildman–Crippen MR) is 93.0 cm³/mol. The molecular weight excluding hydrogens is 290 g/mol. The number of anilines is 1. The van der Waals surface area contributed by atoms with Gasteiger partial charge in [-0.3, -0.25) is 4.79 Å². The maximum Gasteiger partial charge on any atom is 0.251 e. The summed E-state index contributed by atoms with van der Waals surface area (Å²) in [6.45, 7) is 3.74. The zero-order chi connectivity index (χ0) is 16.8. The van der Waals surface area contributed by atoms with E-state index in [1.165, 1.54) is 0 Å². The van der Waals surface area contributed by atoms with Gasteiger partial charge in [-0.1, -0.05) is 24.3 Å². The van der Waals surface area contributed by atoms with Gasteiger partial charge in [0.05, 0.1) is 14.2 Å². The van der Waals surface area contributed by atoms with Gasteiger partial charge in [0.1, 0.15) is 0 Å². The first kappa shape index (κ1) is 16.6. The van der Waals surface area contributed by atoms with Gasteiger partial charge in [-0.25, -0.2) is 0 Å². The molecule has 4 heteroatoms. The van der Waals surface area contributed by atoms with Crippen molar-refractivity contribution in [2.45, 2.75) is 13.8 Å².